The van der Waals surface area contributed by atoms with Crippen LogP contribution < -0.4 is 4.90 Å². The van der Waals surface area contributed by atoms with Crippen LogP contribution in [0.5, 0.6) is 0 Å². The van der Waals surface area contributed by atoms with Crippen molar-refractivity contribution in [1.82, 2.24) is 14.7 Å². The number of benzene rings is 2. The number of aromatic nitrogens is 2. The molecule has 0 atom stereocenters. The molecule has 0 bridgehead atoms. The highest BCUT2D eigenvalue weighted by Gasteiger charge is 2.20. The van der Waals surface area contributed by atoms with E-state index in [-0.39, 0.29) is 5.91 Å². The van der Waals surface area contributed by atoms with Gasteiger partial charge in [-0.25, -0.2) is 4.68 Å². The second-order valence-corrected chi connectivity index (χ2v) is 7.41. The minimum Gasteiger partial charge on any atom is -0.378 e. The fraction of sp³-hybridized carbons (Fsp3) is 0.273. The smallest absolute Gasteiger partial charge is 0.255 e. The Balaban J connectivity index is 1.56. The van der Waals surface area contributed by atoms with Gasteiger partial charge in [0, 0.05) is 44.8 Å². The first-order valence-corrected chi connectivity index (χ1v) is 9.97. The summed E-state index contributed by atoms with van der Waals surface area (Å²) in [5.41, 5.74) is 3.51. The maximum absolute atomic E-state index is 13.2. The number of rotatable bonds is 5. The molecule has 0 aliphatic carbocycles. The van der Waals surface area contributed by atoms with Crippen LogP contribution in [-0.2, 0) is 11.3 Å². The Morgan fingerprint density at radius 1 is 1.17 bits per heavy atom. The van der Waals surface area contributed by atoms with Crippen molar-refractivity contribution in [2.45, 2.75) is 6.54 Å². The lowest BCUT2D eigenvalue weighted by Gasteiger charge is -2.31. The molecule has 0 unspecified atom stereocenters. The molecule has 6 nitrogen and oxygen atoms in total. The molecule has 150 valence electrons. The van der Waals surface area contributed by atoms with E-state index in [0.29, 0.717) is 17.1 Å². The van der Waals surface area contributed by atoms with E-state index >= 15 is 0 Å². The van der Waals surface area contributed by atoms with Gasteiger partial charge in [0.15, 0.2) is 0 Å². The molecular formula is C22H23ClN4O2. The van der Waals surface area contributed by atoms with E-state index in [2.05, 4.69) is 22.1 Å². The Morgan fingerprint density at radius 2 is 1.97 bits per heavy atom. The second-order valence-electron chi connectivity index (χ2n) is 7.00. The van der Waals surface area contributed by atoms with Crippen LogP contribution in [0.2, 0.25) is 5.02 Å². The number of para-hydroxylation sites is 1. The minimum atomic E-state index is -0.124. The highest BCUT2D eigenvalue weighted by molar-refractivity contribution is 6.33. The molecule has 3 aromatic rings. The maximum Gasteiger partial charge on any atom is 0.255 e. The number of carbonyl (C=O) groups is 1. The predicted octanol–water partition coefficient (Wildman–Crippen LogP) is 3.63. The number of carbonyl (C=O) groups excluding carboxylic acids is 1. The van der Waals surface area contributed by atoms with Crippen molar-refractivity contribution in [3.8, 4) is 5.69 Å². The Hall–Kier alpha value is -2.83. The van der Waals surface area contributed by atoms with Gasteiger partial charge in [0.1, 0.15) is 0 Å². The summed E-state index contributed by atoms with van der Waals surface area (Å²) in [6.07, 6.45) is 3.53. The van der Waals surface area contributed by atoms with Crippen LogP contribution in [0.4, 0.5) is 5.69 Å². The zero-order valence-electron chi connectivity index (χ0n) is 16.3. The molecule has 29 heavy (non-hydrogen) atoms. The molecule has 0 spiro atoms. The van der Waals surface area contributed by atoms with E-state index in [1.807, 2.05) is 30.5 Å². The molecule has 0 N–H and O–H groups in total. The first-order valence-electron chi connectivity index (χ1n) is 9.59. The fourth-order valence-corrected chi connectivity index (χ4v) is 3.73. The van der Waals surface area contributed by atoms with Crippen molar-refractivity contribution in [2.24, 2.45) is 0 Å². The minimum absolute atomic E-state index is 0.124. The standard InChI is InChI=1S/C22H23ClN4O2/c1-25(16-17-5-2-3-6-21(17)26-11-13-29-14-12-26)22(28)19-15-18(7-8-20(19)23)27-10-4-9-24-27/h2-10,15H,11-14,16H2,1H3. The molecule has 1 aromatic heterocycles. The van der Waals surface area contributed by atoms with Gasteiger partial charge in [-0.1, -0.05) is 29.8 Å². The molecule has 7 heteroatoms. The lowest BCUT2D eigenvalue weighted by molar-refractivity contribution is 0.0785. The van der Waals surface area contributed by atoms with Crippen molar-refractivity contribution >= 4 is 23.2 Å². The van der Waals surface area contributed by atoms with Gasteiger partial charge in [0.2, 0.25) is 0 Å². The second kappa shape index (κ2) is 8.68. The van der Waals surface area contributed by atoms with Crippen LogP contribution in [-0.4, -0.2) is 53.9 Å². The third kappa shape index (κ3) is 4.28. The SMILES string of the molecule is CN(Cc1ccccc1N1CCOCC1)C(=O)c1cc(-n2cccn2)ccc1Cl. The highest BCUT2D eigenvalue weighted by Crippen LogP contribution is 2.25. The number of nitrogens with zero attached hydrogens (tertiary/aromatic N) is 4. The van der Waals surface area contributed by atoms with Crippen molar-refractivity contribution in [2.75, 3.05) is 38.3 Å². The zero-order valence-corrected chi connectivity index (χ0v) is 17.0. The fourth-order valence-electron chi connectivity index (χ4n) is 3.53. The van der Waals surface area contributed by atoms with Crippen molar-refractivity contribution in [3.63, 3.8) is 0 Å². The predicted molar refractivity (Wildman–Crippen MR) is 114 cm³/mol. The summed E-state index contributed by atoms with van der Waals surface area (Å²) in [6, 6.07) is 15.4. The molecule has 1 fully saturated rings. The lowest BCUT2D eigenvalue weighted by atomic mass is 10.1. The molecule has 2 heterocycles. The topological polar surface area (TPSA) is 50.6 Å². The Bertz CT molecular complexity index is 984. The monoisotopic (exact) mass is 410 g/mol. The summed E-state index contributed by atoms with van der Waals surface area (Å²) in [7, 11) is 1.80. The van der Waals surface area contributed by atoms with Gasteiger partial charge in [-0.15, -0.1) is 0 Å². The number of ether oxygens (including phenoxy) is 1. The molecule has 4 rings (SSSR count). The molecule has 1 aliphatic heterocycles. The number of hydrogen-bond acceptors (Lipinski definition) is 4. The molecule has 0 saturated carbocycles. The van der Waals surface area contributed by atoms with E-state index in [0.717, 1.165) is 43.2 Å². The summed E-state index contributed by atoms with van der Waals surface area (Å²) in [6.45, 7) is 3.64. The van der Waals surface area contributed by atoms with E-state index in [1.54, 1.807) is 35.0 Å². The van der Waals surface area contributed by atoms with Crippen LogP contribution in [0.1, 0.15) is 15.9 Å². The van der Waals surface area contributed by atoms with Gasteiger partial charge in [-0.3, -0.25) is 4.79 Å². The molecule has 2 aromatic carbocycles. The zero-order chi connectivity index (χ0) is 20.2. The first-order chi connectivity index (χ1) is 14.1. The molecule has 1 amide bonds. The van der Waals surface area contributed by atoms with Crippen molar-refractivity contribution < 1.29 is 9.53 Å². The van der Waals surface area contributed by atoms with Crippen molar-refractivity contribution in [3.05, 3.63) is 77.1 Å². The van der Waals surface area contributed by atoms with Gasteiger partial charge in [0.25, 0.3) is 5.91 Å². The third-order valence-corrected chi connectivity index (χ3v) is 5.38. The van der Waals surface area contributed by atoms with Crippen LogP contribution >= 0.6 is 11.6 Å². The van der Waals surface area contributed by atoms with Crippen molar-refractivity contribution in [1.29, 1.82) is 0 Å². The first kappa shape index (κ1) is 19.5. The number of anilines is 1. The molecule has 0 radical (unpaired) electrons. The van der Waals surface area contributed by atoms with Crippen LogP contribution in [0.15, 0.2) is 60.9 Å². The van der Waals surface area contributed by atoms with E-state index in [4.69, 9.17) is 16.3 Å². The number of morpholine rings is 1. The molecule has 1 saturated heterocycles. The Morgan fingerprint density at radius 3 is 2.72 bits per heavy atom. The third-order valence-electron chi connectivity index (χ3n) is 5.05. The normalized spacial score (nSPS) is 14.1. The summed E-state index contributed by atoms with van der Waals surface area (Å²) >= 11 is 6.35. The average Bonchev–Trinajstić information content (AvgIpc) is 3.29. The van der Waals surface area contributed by atoms with E-state index in [9.17, 15) is 4.79 Å². The maximum atomic E-state index is 13.2. The summed E-state index contributed by atoms with van der Waals surface area (Å²) < 4.78 is 7.17. The molecule has 1 aliphatic rings. The van der Waals surface area contributed by atoms with Gasteiger partial charge < -0.3 is 14.5 Å². The summed E-state index contributed by atoms with van der Waals surface area (Å²) in [5.74, 6) is -0.124. The molecular weight excluding hydrogens is 388 g/mol. The van der Waals surface area contributed by atoms with Gasteiger partial charge in [-0.05, 0) is 35.9 Å². The van der Waals surface area contributed by atoms with Crippen LogP contribution in [0.3, 0.4) is 0 Å². The lowest BCUT2D eigenvalue weighted by Crippen LogP contribution is -2.37. The Kier molecular flexibility index (Phi) is 5.83. The number of halogens is 1. The number of amides is 1. The van der Waals surface area contributed by atoms with Crippen LogP contribution in [0.25, 0.3) is 5.69 Å². The summed E-state index contributed by atoms with van der Waals surface area (Å²) in [4.78, 5) is 17.2. The van der Waals surface area contributed by atoms with Crippen LogP contribution in [0, 0.1) is 0 Å². The van der Waals surface area contributed by atoms with Gasteiger partial charge in [0.05, 0.1) is 29.5 Å². The highest BCUT2D eigenvalue weighted by atomic mass is 35.5. The summed E-state index contributed by atoms with van der Waals surface area (Å²) in [5, 5.41) is 4.66. The van der Waals surface area contributed by atoms with Gasteiger partial charge >= 0.3 is 0 Å². The van der Waals surface area contributed by atoms with E-state index in [1.165, 1.54) is 0 Å². The van der Waals surface area contributed by atoms with E-state index < -0.39 is 0 Å². The van der Waals surface area contributed by atoms with Gasteiger partial charge in [-0.2, -0.15) is 5.10 Å². The average molecular weight is 411 g/mol. The largest absolute Gasteiger partial charge is 0.378 e. The number of hydrogen-bond donors (Lipinski definition) is 0. The Labute approximate surface area is 175 Å². The quantitative estimate of drug-likeness (QED) is 0.644.